The predicted molar refractivity (Wildman–Crippen MR) is 87.8 cm³/mol. The average Bonchev–Trinajstić information content (AvgIpc) is 2.83. The number of amides is 1. The van der Waals surface area contributed by atoms with Gasteiger partial charge in [-0.05, 0) is 49.3 Å². The maximum Gasteiger partial charge on any atom is 0.416 e. The van der Waals surface area contributed by atoms with E-state index in [4.69, 9.17) is 0 Å². The van der Waals surface area contributed by atoms with Crippen LogP contribution in [0.25, 0.3) is 0 Å². The molecular weight excluding hydrogens is 341 g/mol. The molecule has 0 spiro atoms. The van der Waals surface area contributed by atoms with E-state index in [1.807, 2.05) is 0 Å². The Labute approximate surface area is 145 Å². The number of nitrogens with one attached hydrogen (secondary N) is 2. The van der Waals surface area contributed by atoms with Crippen LogP contribution in [0, 0.1) is 5.92 Å². The Morgan fingerprint density at radius 1 is 1.21 bits per heavy atom. The van der Waals surface area contributed by atoms with Crippen molar-refractivity contribution in [1.82, 2.24) is 10.6 Å². The van der Waals surface area contributed by atoms with E-state index in [0.717, 1.165) is 25.0 Å². The molecule has 2 N–H and O–H groups in total. The number of carbonyl (C=O) groups excluding carboxylic acids is 1. The summed E-state index contributed by atoms with van der Waals surface area (Å²) >= 11 is 0. The van der Waals surface area contributed by atoms with Crippen LogP contribution in [0.3, 0.4) is 0 Å². The van der Waals surface area contributed by atoms with E-state index in [1.54, 1.807) is 6.07 Å². The fourth-order valence-corrected chi connectivity index (χ4v) is 3.73. The molecule has 3 nitrogen and oxygen atoms in total. The summed E-state index contributed by atoms with van der Waals surface area (Å²) in [6.45, 7) is 0.139. The molecular formula is C17H22ClF3N2O. The standard InChI is InChI=1S/C17H21F3N2O.ClH/c18-17(19,20)13-3-1-2-11(6-13)10-21-16(23)9-12-7-14-4-5-15(8-12)22-14;/h1-3,6,12,14-15,22H,4-5,7-10H2,(H,21,23);1H. The Bertz CT molecular complexity index is 567. The van der Waals surface area contributed by atoms with E-state index in [1.165, 1.54) is 18.9 Å². The lowest BCUT2D eigenvalue weighted by molar-refractivity contribution is -0.137. The van der Waals surface area contributed by atoms with Crippen LogP contribution in [0.15, 0.2) is 24.3 Å². The smallest absolute Gasteiger partial charge is 0.352 e. The lowest BCUT2D eigenvalue weighted by Crippen LogP contribution is -2.39. The Hall–Kier alpha value is -1.27. The van der Waals surface area contributed by atoms with E-state index in [0.29, 0.717) is 30.0 Å². The highest BCUT2D eigenvalue weighted by Crippen LogP contribution is 2.32. The van der Waals surface area contributed by atoms with Gasteiger partial charge in [-0.25, -0.2) is 0 Å². The zero-order valence-electron chi connectivity index (χ0n) is 13.2. The molecule has 3 rings (SSSR count). The van der Waals surface area contributed by atoms with Crippen molar-refractivity contribution in [2.45, 2.75) is 56.9 Å². The second-order valence-electron chi connectivity index (χ2n) is 6.65. The molecule has 2 saturated heterocycles. The predicted octanol–water partition coefficient (Wildman–Crippen LogP) is 3.66. The van der Waals surface area contributed by atoms with Crippen molar-refractivity contribution in [1.29, 1.82) is 0 Å². The molecule has 2 bridgehead atoms. The highest BCUT2D eigenvalue weighted by atomic mass is 35.5. The molecule has 2 heterocycles. The third-order valence-electron chi connectivity index (χ3n) is 4.79. The van der Waals surface area contributed by atoms with Gasteiger partial charge in [0.15, 0.2) is 0 Å². The van der Waals surface area contributed by atoms with Crippen molar-refractivity contribution in [2.75, 3.05) is 0 Å². The lowest BCUT2D eigenvalue weighted by Gasteiger charge is -2.28. The monoisotopic (exact) mass is 362 g/mol. The molecule has 7 heteroatoms. The number of benzene rings is 1. The molecule has 1 aromatic rings. The normalized spacial score (nSPS) is 25.9. The quantitative estimate of drug-likeness (QED) is 0.858. The Morgan fingerprint density at radius 2 is 1.88 bits per heavy atom. The zero-order chi connectivity index (χ0) is 16.4. The first kappa shape index (κ1) is 19.1. The van der Waals surface area contributed by atoms with Gasteiger partial charge in [0.25, 0.3) is 0 Å². The van der Waals surface area contributed by atoms with E-state index >= 15 is 0 Å². The average molecular weight is 363 g/mol. The SMILES string of the molecule is Cl.O=C(CC1CC2CCC(C1)N2)NCc1cccc(C(F)(F)F)c1. The van der Waals surface area contributed by atoms with Crippen molar-refractivity contribution in [3.05, 3.63) is 35.4 Å². The number of carbonyl (C=O) groups is 1. The second-order valence-corrected chi connectivity index (χ2v) is 6.65. The van der Waals surface area contributed by atoms with Gasteiger partial charge in [0.2, 0.25) is 5.91 Å². The molecule has 2 atom stereocenters. The van der Waals surface area contributed by atoms with Gasteiger partial charge in [0, 0.05) is 25.0 Å². The summed E-state index contributed by atoms with van der Waals surface area (Å²) in [4.78, 5) is 12.0. The third-order valence-corrected chi connectivity index (χ3v) is 4.79. The summed E-state index contributed by atoms with van der Waals surface area (Å²) in [5.74, 6) is 0.309. The fourth-order valence-electron chi connectivity index (χ4n) is 3.73. The van der Waals surface area contributed by atoms with Crippen molar-refractivity contribution in [3.8, 4) is 0 Å². The van der Waals surface area contributed by atoms with E-state index < -0.39 is 11.7 Å². The van der Waals surface area contributed by atoms with Gasteiger partial charge in [0.05, 0.1) is 5.56 Å². The molecule has 2 unspecified atom stereocenters. The minimum absolute atomic E-state index is 0. The summed E-state index contributed by atoms with van der Waals surface area (Å²) < 4.78 is 38.0. The molecule has 0 aliphatic carbocycles. The van der Waals surface area contributed by atoms with Gasteiger partial charge < -0.3 is 10.6 Å². The van der Waals surface area contributed by atoms with Crippen molar-refractivity contribution in [3.63, 3.8) is 0 Å². The molecule has 0 aromatic heterocycles. The van der Waals surface area contributed by atoms with Gasteiger partial charge in [-0.15, -0.1) is 12.4 Å². The molecule has 0 radical (unpaired) electrons. The largest absolute Gasteiger partial charge is 0.416 e. The minimum atomic E-state index is -4.35. The molecule has 24 heavy (non-hydrogen) atoms. The maximum atomic E-state index is 12.7. The number of rotatable bonds is 4. The summed E-state index contributed by atoms with van der Waals surface area (Å²) in [7, 11) is 0. The van der Waals surface area contributed by atoms with Crippen LogP contribution in [0.4, 0.5) is 13.2 Å². The number of hydrogen-bond donors (Lipinski definition) is 2. The van der Waals surface area contributed by atoms with Gasteiger partial charge >= 0.3 is 6.18 Å². The van der Waals surface area contributed by atoms with Gasteiger partial charge in [-0.3, -0.25) is 4.79 Å². The maximum absolute atomic E-state index is 12.7. The Morgan fingerprint density at radius 3 is 2.50 bits per heavy atom. The number of hydrogen-bond acceptors (Lipinski definition) is 2. The number of halogens is 4. The zero-order valence-corrected chi connectivity index (χ0v) is 14.1. The van der Waals surface area contributed by atoms with Crippen molar-refractivity contribution < 1.29 is 18.0 Å². The third kappa shape index (κ3) is 4.86. The first-order chi connectivity index (χ1) is 10.9. The van der Waals surface area contributed by atoms with E-state index in [9.17, 15) is 18.0 Å². The van der Waals surface area contributed by atoms with Gasteiger partial charge in [0.1, 0.15) is 0 Å². The van der Waals surface area contributed by atoms with Gasteiger partial charge in [-0.1, -0.05) is 12.1 Å². The molecule has 134 valence electrons. The van der Waals surface area contributed by atoms with E-state index in [2.05, 4.69) is 10.6 Å². The summed E-state index contributed by atoms with van der Waals surface area (Å²) in [6, 6.07) is 6.17. The summed E-state index contributed by atoms with van der Waals surface area (Å²) in [5, 5.41) is 6.28. The molecule has 2 fully saturated rings. The molecule has 0 saturated carbocycles. The second kappa shape index (κ2) is 7.74. The number of piperidine rings is 1. The van der Waals surface area contributed by atoms with Crippen molar-refractivity contribution >= 4 is 18.3 Å². The minimum Gasteiger partial charge on any atom is -0.352 e. The molecule has 2 aliphatic heterocycles. The van der Waals surface area contributed by atoms with E-state index in [-0.39, 0.29) is 24.9 Å². The lowest BCUT2D eigenvalue weighted by atomic mass is 9.89. The first-order valence-corrected chi connectivity index (χ1v) is 8.09. The molecule has 2 aliphatic rings. The van der Waals surface area contributed by atoms with Crippen LogP contribution in [0.5, 0.6) is 0 Å². The van der Waals surface area contributed by atoms with Crippen LogP contribution in [-0.2, 0) is 17.5 Å². The molecule has 1 aromatic carbocycles. The topological polar surface area (TPSA) is 41.1 Å². The highest BCUT2D eigenvalue weighted by Gasteiger charge is 2.34. The van der Waals surface area contributed by atoms with Crippen LogP contribution < -0.4 is 10.6 Å². The Kier molecular flexibility index (Phi) is 6.15. The first-order valence-electron chi connectivity index (χ1n) is 8.09. The van der Waals surface area contributed by atoms with Crippen LogP contribution in [-0.4, -0.2) is 18.0 Å². The van der Waals surface area contributed by atoms with Crippen LogP contribution >= 0.6 is 12.4 Å². The fraction of sp³-hybridized carbons (Fsp3) is 0.588. The summed E-state index contributed by atoms with van der Waals surface area (Å²) in [5.41, 5.74) is -0.210. The van der Waals surface area contributed by atoms with Gasteiger partial charge in [-0.2, -0.15) is 13.2 Å². The highest BCUT2D eigenvalue weighted by molar-refractivity contribution is 5.85. The number of fused-ring (bicyclic) bond motifs is 2. The van der Waals surface area contributed by atoms with Crippen LogP contribution in [0.2, 0.25) is 0 Å². The summed E-state index contributed by atoms with van der Waals surface area (Å²) in [6.07, 6.45) is 0.531. The van der Waals surface area contributed by atoms with Crippen LogP contribution in [0.1, 0.15) is 43.2 Å². The Balaban J connectivity index is 0.00000208. The number of alkyl halides is 3. The van der Waals surface area contributed by atoms with Crippen molar-refractivity contribution in [2.24, 2.45) is 5.92 Å². The molecule has 1 amide bonds.